The van der Waals surface area contributed by atoms with E-state index < -0.39 is 11.6 Å². The van der Waals surface area contributed by atoms with Crippen LogP contribution in [0.1, 0.15) is 17.3 Å². The van der Waals surface area contributed by atoms with Crippen molar-refractivity contribution in [2.45, 2.75) is 13.0 Å². The second kappa shape index (κ2) is 5.75. The van der Waals surface area contributed by atoms with E-state index in [0.717, 1.165) is 31.8 Å². The van der Waals surface area contributed by atoms with E-state index in [9.17, 15) is 13.6 Å². The topological polar surface area (TPSA) is 23.6 Å². The summed E-state index contributed by atoms with van der Waals surface area (Å²) in [7, 11) is 2.04. The molecule has 0 spiro atoms. The van der Waals surface area contributed by atoms with Crippen molar-refractivity contribution in [3.63, 3.8) is 0 Å². The third kappa shape index (κ3) is 3.36. The summed E-state index contributed by atoms with van der Waals surface area (Å²) in [6.07, 6.45) is 0. The molecule has 1 heterocycles. The zero-order valence-electron chi connectivity index (χ0n) is 11.2. The highest BCUT2D eigenvalue weighted by Crippen LogP contribution is 2.13. The van der Waals surface area contributed by atoms with E-state index in [1.54, 1.807) is 0 Å². The van der Waals surface area contributed by atoms with Gasteiger partial charge in [-0.15, -0.1) is 0 Å². The lowest BCUT2D eigenvalue weighted by atomic mass is 10.1. The first-order chi connectivity index (χ1) is 8.97. The molecule has 19 heavy (non-hydrogen) atoms. The zero-order valence-corrected chi connectivity index (χ0v) is 11.2. The van der Waals surface area contributed by atoms with Crippen LogP contribution < -0.4 is 0 Å². The summed E-state index contributed by atoms with van der Waals surface area (Å²) in [5, 5.41) is 0. The summed E-state index contributed by atoms with van der Waals surface area (Å²) in [5.41, 5.74) is -0.0347. The van der Waals surface area contributed by atoms with E-state index in [0.29, 0.717) is 0 Å². The van der Waals surface area contributed by atoms with Crippen LogP contribution in [-0.4, -0.2) is 54.9 Å². The van der Waals surface area contributed by atoms with Gasteiger partial charge in [0.2, 0.25) is 0 Å². The van der Waals surface area contributed by atoms with Gasteiger partial charge in [-0.2, -0.15) is 0 Å². The number of carbonyl (C=O) groups excluding carboxylic acids is 1. The molecule has 1 atom stereocenters. The molecule has 2 rings (SSSR count). The third-order valence-electron chi connectivity index (χ3n) is 3.55. The SMILES string of the molecule is CC1CN(C)CCN1CC(=O)c1ccc(F)cc1F. The Hall–Kier alpha value is -1.33. The number of rotatable bonds is 3. The molecule has 104 valence electrons. The Morgan fingerprint density at radius 1 is 1.37 bits per heavy atom. The van der Waals surface area contributed by atoms with Crippen molar-refractivity contribution in [3.8, 4) is 0 Å². The van der Waals surface area contributed by atoms with Crippen LogP contribution in [-0.2, 0) is 0 Å². The molecule has 1 aromatic carbocycles. The van der Waals surface area contributed by atoms with Crippen molar-refractivity contribution in [1.82, 2.24) is 9.80 Å². The Kier molecular flexibility index (Phi) is 4.27. The van der Waals surface area contributed by atoms with Crippen LogP contribution in [0.2, 0.25) is 0 Å². The molecule has 1 unspecified atom stereocenters. The molecule has 0 aliphatic carbocycles. The molecule has 0 amide bonds. The van der Waals surface area contributed by atoms with Crippen molar-refractivity contribution >= 4 is 5.78 Å². The Bertz CT molecular complexity index is 479. The summed E-state index contributed by atoms with van der Waals surface area (Å²) in [6.45, 7) is 4.79. The zero-order chi connectivity index (χ0) is 14.0. The highest BCUT2D eigenvalue weighted by atomic mass is 19.1. The number of Topliss-reactive ketones (excluding diaryl/α,β-unsaturated/α-hetero) is 1. The maximum atomic E-state index is 13.5. The van der Waals surface area contributed by atoms with E-state index in [1.165, 1.54) is 6.07 Å². The van der Waals surface area contributed by atoms with Crippen molar-refractivity contribution in [2.24, 2.45) is 0 Å². The molecule has 1 saturated heterocycles. The van der Waals surface area contributed by atoms with Gasteiger partial charge in [-0.05, 0) is 26.1 Å². The highest BCUT2D eigenvalue weighted by molar-refractivity contribution is 5.97. The monoisotopic (exact) mass is 268 g/mol. The molecule has 0 bridgehead atoms. The summed E-state index contributed by atoms with van der Waals surface area (Å²) in [5.74, 6) is -1.75. The number of nitrogens with zero attached hydrogens (tertiary/aromatic N) is 2. The average molecular weight is 268 g/mol. The summed E-state index contributed by atoms with van der Waals surface area (Å²) in [6, 6.07) is 3.34. The molecule has 0 saturated carbocycles. The van der Waals surface area contributed by atoms with Gasteiger partial charge in [0, 0.05) is 31.7 Å². The van der Waals surface area contributed by atoms with Gasteiger partial charge < -0.3 is 4.90 Å². The fourth-order valence-corrected chi connectivity index (χ4v) is 2.40. The Morgan fingerprint density at radius 3 is 2.74 bits per heavy atom. The molecule has 0 aromatic heterocycles. The normalized spacial score (nSPS) is 21.6. The Labute approximate surface area is 111 Å². The Balaban J connectivity index is 2.04. The van der Waals surface area contributed by atoms with Gasteiger partial charge in [-0.25, -0.2) is 8.78 Å². The fourth-order valence-electron chi connectivity index (χ4n) is 2.40. The van der Waals surface area contributed by atoms with Crippen LogP contribution in [0.3, 0.4) is 0 Å². The number of piperazine rings is 1. The van der Waals surface area contributed by atoms with Crippen LogP contribution >= 0.6 is 0 Å². The highest BCUT2D eigenvalue weighted by Gasteiger charge is 2.24. The number of ketones is 1. The average Bonchev–Trinajstić information content (AvgIpc) is 2.32. The molecule has 1 aromatic rings. The molecule has 1 aliphatic rings. The molecule has 5 heteroatoms. The van der Waals surface area contributed by atoms with Gasteiger partial charge in [0.15, 0.2) is 5.78 Å². The lowest BCUT2D eigenvalue weighted by Crippen LogP contribution is -2.51. The van der Waals surface area contributed by atoms with E-state index in [1.807, 2.05) is 18.9 Å². The predicted molar refractivity (Wildman–Crippen MR) is 69.2 cm³/mol. The lowest BCUT2D eigenvalue weighted by Gasteiger charge is -2.37. The smallest absolute Gasteiger partial charge is 0.179 e. The van der Waals surface area contributed by atoms with E-state index in [4.69, 9.17) is 0 Å². The maximum absolute atomic E-state index is 13.5. The molecular formula is C14H18F2N2O. The second-order valence-corrected chi connectivity index (χ2v) is 5.13. The maximum Gasteiger partial charge on any atom is 0.179 e. The number of likely N-dealkylation sites (N-methyl/N-ethyl adjacent to an activating group) is 1. The van der Waals surface area contributed by atoms with Crippen LogP contribution in [0.5, 0.6) is 0 Å². The predicted octanol–water partition coefficient (Wildman–Crippen LogP) is 1.78. The minimum atomic E-state index is -0.785. The first kappa shape index (κ1) is 14.1. The number of hydrogen-bond acceptors (Lipinski definition) is 3. The molecule has 1 aliphatic heterocycles. The molecule has 0 N–H and O–H groups in total. The second-order valence-electron chi connectivity index (χ2n) is 5.13. The van der Waals surface area contributed by atoms with E-state index in [2.05, 4.69) is 4.90 Å². The largest absolute Gasteiger partial charge is 0.304 e. The molecule has 1 fully saturated rings. The fraction of sp³-hybridized carbons (Fsp3) is 0.500. The van der Waals surface area contributed by atoms with Gasteiger partial charge in [0.05, 0.1) is 12.1 Å². The number of carbonyl (C=O) groups is 1. The van der Waals surface area contributed by atoms with Gasteiger partial charge in [-0.3, -0.25) is 9.69 Å². The van der Waals surface area contributed by atoms with Gasteiger partial charge in [0.25, 0.3) is 0 Å². The third-order valence-corrected chi connectivity index (χ3v) is 3.55. The number of hydrogen-bond donors (Lipinski definition) is 0. The standard InChI is InChI=1S/C14H18F2N2O/c1-10-8-17(2)5-6-18(10)9-14(19)12-4-3-11(15)7-13(12)16/h3-4,7,10H,5-6,8-9H2,1-2H3. The van der Waals surface area contributed by atoms with Crippen LogP contribution in [0.25, 0.3) is 0 Å². The summed E-state index contributed by atoms with van der Waals surface area (Å²) >= 11 is 0. The molecule has 3 nitrogen and oxygen atoms in total. The first-order valence-electron chi connectivity index (χ1n) is 6.38. The lowest BCUT2D eigenvalue weighted by molar-refractivity contribution is 0.0744. The quantitative estimate of drug-likeness (QED) is 0.781. The van der Waals surface area contributed by atoms with Crippen LogP contribution in [0, 0.1) is 11.6 Å². The van der Waals surface area contributed by atoms with Crippen LogP contribution in [0.4, 0.5) is 8.78 Å². The van der Waals surface area contributed by atoms with Gasteiger partial charge in [-0.1, -0.05) is 0 Å². The molecular weight excluding hydrogens is 250 g/mol. The van der Waals surface area contributed by atoms with E-state index >= 15 is 0 Å². The number of benzene rings is 1. The molecule has 0 radical (unpaired) electrons. The van der Waals surface area contributed by atoms with Crippen molar-refractivity contribution in [3.05, 3.63) is 35.4 Å². The van der Waals surface area contributed by atoms with Gasteiger partial charge in [0.1, 0.15) is 11.6 Å². The van der Waals surface area contributed by atoms with Crippen LogP contribution in [0.15, 0.2) is 18.2 Å². The van der Waals surface area contributed by atoms with E-state index in [-0.39, 0.29) is 23.9 Å². The van der Waals surface area contributed by atoms with Crippen molar-refractivity contribution in [2.75, 3.05) is 33.2 Å². The van der Waals surface area contributed by atoms with Crippen molar-refractivity contribution < 1.29 is 13.6 Å². The number of halogens is 2. The van der Waals surface area contributed by atoms with Crippen molar-refractivity contribution in [1.29, 1.82) is 0 Å². The van der Waals surface area contributed by atoms with Gasteiger partial charge >= 0.3 is 0 Å². The minimum Gasteiger partial charge on any atom is -0.304 e. The summed E-state index contributed by atoms with van der Waals surface area (Å²) < 4.78 is 26.3. The first-order valence-corrected chi connectivity index (χ1v) is 6.38. The summed E-state index contributed by atoms with van der Waals surface area (Å²) in [4.78, 5) is 16.3. The minimum absolute atomic E-state index is 0.0347. The Morgan fingerprint density at radius 2 is 2.11 bits per heavy atom.